The molecule has 140 valence electrons. The van der Waals surface area contributed by atoms with Gasteiger partial charge < -0.3 is 14.8 Å². The second-order valence-corrected chi connectivity index (χ2v) is 6.43. The van der Waals surface area contributed by atoms with E-state index < -0.39 is 0 Å². The summed E-state index contributed by atoms with van der Waals surface area (Å²) in [5.41, 5.74) is 2.92. The first-order valence-corrected chi connectivity index (χ1v) is 8.83. The van der Waals surface area contributed by atoms with E-state index in [1.165, 1.54) is 25.3 Å². The number of ether oxygens (including phenoxy) is 2. The van der Waals surface area contributed by atoms with E-state index in [9.17, 15) is 4.79 Å². The Kier molecular flexibility index (Phi) is 7.30. The molecular formula is C20H25ClN2O3. The summed E-state index contributed by atoms with van der Waals surface area (Å²) in [5, 5.41) is 3.28. The molecule has 0 aliphatic carbocycles. The molecule has 0 aliphatic rings. The van der Waals surface area contributed by atoms with Gasteiger partial charge in [0.25, 0.3) is 0 Å². The first-order valence-electron chi connectivity index (χ1n) is 8.46. The molecule has 0 saturated heterocycles. The average Bonchev–Trinajstić information content (AvgIpc) is 2.61. The third kappa shape index (κ3) is 5.38. The van der Waals surface area contributed by atoms with E-state index in [2.05, 4.69) is 35.3 Å². The zero-order valence-electron chi connectivity index (χ0n) is 15.6. The van der Waals surface area contributed by atoms with Gasteiger partial charge in [0.15, 0.2) is 0 Å². The zero-order chi connectivity index (χ0) is 19.1. The first-order chi connectivity index (χ1) is 12.5. The summed E-state index contributed by atoms with van der Waals surface area (Å²) in [7, 11) is 3.07. The highest BCUT2D eigenvalue weighted by molar-refractivity contribution is 6.32. The molecule has 0 heterocycles. The number of nitrogens with zero attached hydrogens (tertiary/aromatic N) is 1. The third-order valence-electron chi connectivity index (χ3n) is 4.05. The molecule has 1 N–H and O–H groups in total. The van der Waals surface area contributed by atoms with Crippen LogP contribution in [0.3, 0.4) is 0 Å². The molecule has 0 aromatic heterocycles. The molecule has 0 bridgehead atoms. The fourth-order valence-corrected chi connectivity index (χ4v) is 2.94. The highest BCUT2D eigenvalue weighted by Gasteiger charge is 2.15. The number of hydrogen-bond acceptors (Lipinski definition) is 4. The van der Waals surface area contributed by atoms with Gasteiger partial charge in [-0.3, -0.25) is 9.69 Å². The minimum atomic E-state index is -0.126. The summed E-state index contributed by atoms with van der Waals surface area (Å²) in [6.07, 6.45) is 0. The van der Waals surface area contributed by atoms with Gasteiger partial charge in [0.1, 0.15) is 11.5 Å². The van der Waals surface area contributed by atoms with E-state index in [4.69, 9.17) is 21.1 Å². The van der Waals surface area contributed by atoms with Crippen LogP contribution in [0.1, 0.15) is 18.1 Å². The third-order valence-corrected chi connectivity index (χ3v) is 4.35. The van der Waals surface area contributed by atoms with Gasteiger partial charge in [0, 0.05) is 12.6 Å². The highest BCUT2D eigenvalue weighted by Crippen LogP contribution is 2.35. The minimum absolute atomic E-state index is 0.126. The highest BCUT2D eigenvalue weighted by atomic mass is 35.5. The molecule has 6 heteroatoms. The molecule has 2 aromatic carbocycles. The maximum absolute atomic E-state index is 12.5. The molecule has 0 fully saturated rings. The van der Waals surface area contributed by atoms with Crippen molar-refractivity contribution in [2.75, 3.05) is 32.6 Å². The summed E-state index contributed by atoms with van der Waals surface area (Å²) in [5.74, 6) is 0.872. The normalized spacial score (nSPS) is 10.7. The molecule has 0 saturated carbocycles. The van der Waals surface area contributed by atoms with Crippen molar-refractivity contribution < 1.29 is 14.3 Å². The van der Waals surface area contributed by atoms with Crippen LogP contribution < -0.4 is 14.8 Å². The maximum Gasteiger partial charge on any atom is 0.238 e. The Hall–Kier alpha value is -2.24. The van der Waals surface area contributed by atoms with Crippen LogP contribution in [0.5, 0.6) is 11.5 Å². The standard InChI is InChI=1S/C20H25ClN2O3/c1-5-23(12-15-8-6-7-14(2)9-15)13-20(24)22-17-10-16(21)18(25-3)11-19(17)26-4/h6-11H,5,12-13H2,1-4H3,(H,22,24). The number of methoxy groups -OCH3 is 2. The quantitative estimate of drug-likeness (QED) is 0.752. The van der Waals surface area contributed by atoms with Crippen molar-refractivity contribution in [3.05, 3.63) is 52.5 Å². The van der Waals surface area contributed by atoms with E-state index >= 15 is 0 Å². The molecule has 26 heavy (non-hydrogen) atoms. The molecule has 2 rings (SSSR count). The Bertz CT molecular complexity index is 765. The Morgan fingerprint density at radius 1 is 1.15 bits per heavy atom. The number of amides is 1. The smallest absolute Gasteiger partial charge is 0.238 e. The van der Waals surface area contributed by atoms with Crippen molar-refractivity contribution in [3.8, 4) is 11.5 Å². The van der Waals surface area contributed by atoms with Gasteiger partial charge in [0.05, 0.1) is 31.5 Å². The van der Waals surface area contributed by atoms with Crippen LogP contribution in [-0.4, -0.2) is 38.1 Å². The van der Waals surface area contributed by atoms with E-state index in [1.54, 1.807) is 12.1 Å². The molecule has 0 aliphatic heterocycles. The fourth-order valence-electron chi connectivity index (χ4n) is 2.70. The second kappa shape index (κ2) is 9.46. The number of nitrogens with one attached hydrogen (secondary N) is 1. The fraction of sp³-hybridized carbons (Fsp3) is 0.350. The number of anilines is 1. The van der Waals surface area contributed by atoms with Crippen molar-refractivity contribution in [3.63, 3.8) is 0 Å². The van der Waals surface area contributed by atoms with E-state index in [1.807, 2.05) is 13.0 Å². The lowest BCUT2D eigenvalue weighted by molar-refractivity contribution is -0.117. The van der Waals surface area contributed by atoms with E-state index in [0.717, 1.165) is 6.54 Å². The Balaban J connectivity index is 2.05. The SMILES string of the molecule is CCN(CC(=O)Nc1cc(Cl)c(OC)cc1OC)Cc1cccc(C)c1. The molecule has 0 spiro atoms. The number of likely N-dealkylation sites (N-methyl/N-ethyl adjacent to an activating group) is 1. The summed E-state index contributed by atoms with van der Waals surface area (Å²) < 4.78 is 10.5. The Labute approximate surface area is 159 Å². The molecule has 1 amide bonds. The monoisotopic (exact) mass is 376 g/mol. The first kappa shape index (κ1) is 20.1. The van der Waals surface area contributed by atoms with Crippen molar-refractivity contribution in [2.45, 2.75) is 20.4 Å². The number of hydrogen-bond donors (Lipinski definition) is 1. The predicted molar refractivity (Wildman–Crippen MR) is 105 cm³/mol. The molecular weight excluding hydrogens is 352 g/mol. The summed E-state index contributed by atoms with van der Waals surface area (Å²) >= 11 is 6.15. The van der Waals surface area contributed by atoms with Gasteiger partial charge in [-0.2, -0.15) is 0 Å². The van der Waals surface area contributed by atoms with Crippen molar-refractivity contribution in [2.24, 2.45) is 0 Å². The zero-order valence-corrected chi connectivity index (χ0v) is 16.4. The molecule has 2 aromatic rings. The van der Waals surface area contributed by atoms with Gasteiger partial charge in [-0.05, 0) is 25.1 Å². The van der Waals surface area contributed by atoms with Gasteiger partial charge in [0.2, 0.25) is 5.91 Å². The summed E-state index contributed by atoms with van der Waals surface area (Å²) in [6.45, 7) is 5.85. The van der Waals surface area contributed by atoms with Crippen LogP contribution >= 0.6 is 11.6 Å². The molecule has 5 nitrogen and oxygen atoms in total. The number of benzene rings is 2. The number of halogens is 1. The number of carbonyl (C=O) groups excluding carboxylic acids is 1. The van der Waals surface area contributed by atoms with Crippen LogP contribution in [0.15, 0.2) is 36.4 Å². The van der Waals surface area contributed by atoms with Gasteiger partial charge >= 0.3 is 0 Å². The minimum Gasteiger partial charge on any atom is -0.495 e. The number of rotatable bonds is 8. The van der Waals surface area contributed by atoms with Crippen LogP contribution in [0.4, 0.5) is 5.69 Å². The van der Waals surface area contributed by atoms with Crippen molar-refractivity contribution in [1.29, 1.82) is 0 Å². The van der Waals surface area contributed by atoms with Crippen LogP contribution in [0.2, 0.25) is 5.02 Å². The van der Waals surface area contributed by atoms with Gasteiger partial charge in [-0.1, -0.05) is 48.4 Å². The number of carbonyl (C=O) groups is 1. The molecule has 0 atom stereocenters. The van der Waals surface area contributed by atoms with Gasteiger partial charge in [-0.15, -0.1) is 0 Å². The predicted octanol–water partition coefficient (Wildman–Crippen LogP) is 4.13. The average molecular weight is 377 g/mol. The van der Waals surface area contributed by atoms with Crippen LogP contribution in [-0.2, 0) is 11.3 Å². The van der Waals surface area contributed by atoms with Gasteiger partial charge in [-0.25, -0.2) is 0 Å². The van der Waals surface area contributed by atoms with Crippen LogP contribution in [0, 0.1) is 6.92 Å². The van der Waals surface area contributed by atoms with Crippen LogP contribution in [0.25, 0.3) is 0 Å². The maximum atomic E-state index is 12.5. The molecule has 0 radical (unpaired) electrons. The van der Waals surface area contributed by atoms with Crippen molar-refractivity contribution >= 4 is 23.2 Å². The lowest BCUT2D eigenvalue weighted by Gasteiger charge is -2.21. The van der Waals surface area contributed by atoms with E-state index in [-0.39, 0.29) is 12.5 Å². The lowest BCUT2D eigenvalue weighted by atomic mass is 10.1. The number of aryl methyl sites for hydroxylation is 1. The largest absolute Gasteiger partial charge is 0.495 e. The Morgan fingerprint density at radius 2 is 1.88 bits per heavy atom. The lowest BCUT2D eigenvalue weighted by Crippen LogP contribution is -2.32. The second-order valence-electron chi connectivity index (χ2n) is 6.03. The topological polar surface area (TPSA) is 50.8 Å². The summed E-state index contributed by atoms with van der Waals surface area (Å²) in [6, 6.07) is 11.6. The van der Waals surface area contributed by atoms with Crippen molar-refractivity contribution in [1.82, 2.24) is 4.90 Å². The Morgan fingerprint density at radius 3 is 2.50 bits per heavy atom. The molecule has 0 unspecified atom stereocenters. The summed E-state index contributed by atoms with van der Waals surface area (Å²) in [4.78, 5) is 14.6. The van der Waals surface area contributed by atoms with E-state index in [0.29, 0.717) is 28.8 Å².